The molecule has 1 aromatic carbocycles. The molecular formula is C24H25N3O4. The van der Waals surface area contributed by atoms with Gasteiger partial charge in [-0.05, 0) is 43.2 Å². The fraction of sp³-hybridized carbons (Fsp3) is 0.333. The van der Waals surface area contributed by atoms with Gasteiger partial charge < -0.3 is 23.5 Å². The van der Waals surface area contributed by atoms with Crippen molar-refractivity contribution in [1.82, 2.24) is 14.4 Å². The minimum Gasteiger partial charge on any atom is -0.496 e. The minimum absolute atomic E-state index is 0.0383. The lowest BCUT2D eigenvalue weighted by atomic mass is 9.98. The van der Waals surface area contributed by atoms with Gasteiger partial charge in [-0.15, -0.1) is 0 Å². The van der Waals surface area contributed by atoms with Crippen molar-refractivity contribution < 1.29 is 18.7 Å². The van der Waals surface area contributed by atoms with E-state index in [2.05, 4.69) is 4.57 Å². The van der Waals surface area contributed by atoms with E-state index in [4.69, 9.17) is 9.15 Å². The Kier molecular flexibility index (Phi) is 5.02. The maximum absolute atomic E-state index is 13.6. The summed E-state index contributed by atoms with van der Waals surface area (Å²) in [5.74, 6) is 0.712. The summed E-state index contributed by atoms with van der Waals surface area (Å²) in [7, 11) is 1.64. The van der Waals surface area contributed by atoms with Crippen LogP contribution >= 0.6 is 0 Å². The highest BCUT2D eigenvalue weighted by atomic mass is 16.5. The van der Waals surface area contributed by atoms with E-state index in [1.807, 2.05) is 47.5 Å². The first-order valence-electron chi connectivity index (χ1n) is 10.6. The van der Waals surface area contributed by atoms with Gasteiger partial charge >= 0.3 is 0 Å². The van der Waals surface area contributed by atoms with E-state index < -0.39 is 0 Å². The Morgan fingerprint density at radius 3 is 2.68 bits per heavy atom. The Hall–Kier alpha value is -3.48. The number of carbonyl (C=O) groups is 2. The molecule has 1 fully saturated rings. The highest BCUT2D eigenvalue weighted by Crippen LogP contribution is 2.37. The zero-order chi connectivity index (χ0) is 21.4. The molecule has 0 N–H and O–H groups in total. The number of furan rings is 1. The van der Waals surface area contributed by atoms with Gasteiger partial charge in [0.15, 0.2) is 5.76 Å². The van der Waals surface area contributed by atoms with Crippen LogP contribution in [0.15, 0.2) is 65.4 Å². The largest absolute Gasteiger partial charge is 0.496 e. The van der Waals surface area contributed by atoms with Crippen molar-refractivity contribution >= 4 is 11.8 Å². The van der Waals surface area contributed by atoms with Crippen LogP contribution in [0.2, 0.25) is 0 Å². The molecule has 7 nitrogen and oxygen atoms in total. The number of fused-ring (bicyclic) bond motifs is 1. The molecule has 7 heteroatoms. The van der Waals surface area contributed by atoms with Crippen LogP contribution in [-0.4, -0.2) is 52.4 Å². The third kappa shape index (κ3) is 3.60. The molecular weight excluding hydrogens is 394 g/mol. The maximum Gasteiger partial charge on any atom is 0.290 e. The van der Waals surface area contributed by atoms with Gasteiger partial charge in [0.25, 0.3) is 5.91 Å². The molecule has 1 atom stereocenters. The fourth-order valence-corrected chi connectivity index (χ4v) is 4.40. The topological polar surface area (TPSA) is 67.9 Å². The van der Waals surface area contributed by atoms with Crippen molar-refractivity contribution in [1.29, 1.82) is 0 Å². The maximum atomic E-state index is 13.6. The van der Waals surface area contributed by atoms with Crippen LogP contribution in [0.3, 0.4) is 0 Å². The number of aromatic nitrogens is 1. The van der Waals surface area contributed by atoms with Crippen molar-refractivity contribution in [2.45, 2.75) is 31.5 Å². The van der Waals surface area contributed by atoms with Gasteiger partial charge in [-0.25, -0.2) is 0 Å². The second-order valence-electron chi connectivity index (χ2n) is 8.00. The Bertz CT molecular complexity index is 1080. The SMILES string of the molecule is COc1ccccc1C1c2cccn2CCN1C(=O)CN(C(=O)c1ccco1)C1CC1. The average molecular weight is 419 g/mol. The molecule has 5 rings (SSSR count). The predicted octanol–water partition coefficient (Wildman–Crippen LogP) is 3.33. The van der Waals surface area contributed by atoms with Gasteiger partial charge in [0.2, 0.25) is 5.91 Å². The Labute approximate surface area is 180 Å². The minimum atomic E-state index is -0.271. The third-order valence-corrected chi connectivity index (χ3v) is 6.08. The van der Waals surface area contributed by atoms with Crippen molar-refractivity contribution in [2.75, 3.05) is 20.2 Å². The summed E-state index contributed by atoms with van der Waals surface area (Å²) in [4.78, 5) is 30.1. The van der Waals surface area contributed by atoms with E-state index in [-0.39, 0.29) is 36.2 Å². The van der Waals surface area contributed by atoms with Crippen LogP contribution in [0, 0.1) is 0 Å². The second kappa shape index (κ2) is 7.98. The smallest absolute Gasteiger partial charge is 0.290 e. The molecule has 1 saturated carbocycles. The average Bonchev–Trinajstić information content (AvgIpc) is 3.27. The summed E-state index contributed by atoms with van der Waals surface area (Å²) in [5, 5.41) is 0. The van der Waals surface area contributed by atoms with Crippen molar-refractivity contribution in [3.63, 3.8) is 0 Å². The first-order valence-corrected chi connectivity index (χ1v) is 10.6. The first-order chi connectivity index (χ1) is 15.2. The Morgan fingerprint density at radius 2 is 1.94 bits per heavy atom. The van der Waals surface area contributed by atoms with Crippen LogP contribution in [0.4, 0.5) is 0 Å². The van der Waals surface area contributed by atoms with Gasteiger partial charge in [0, 0.05) is 36.6 Å². The van der Waals surface area contributed by atoms with E-state index in [0.717, 1.165) is 36.4 Å². The molecule has 0 radical (unpaired) electrons. The summed E-state index contributed by atoms with van der Waals surface area (Å²) < 4.78 is 13.1. The number of carbonyl (C=O) groups excluding carboxylic acids is 2. The highest BCUT2D eigenvalue weighted by Gasteiger charge is 2.39. The molecule has 1 unspecified atom stereocenters. The lowest BCUT2D eigenvalue weighted by Gasteiger charge is -2.38. The van der Waals surface area contributed by atoms with Gasteiger partial charge in [-0.3, -0.25) is 9.59 Å². The molecule has 2 aromatic heterocycles. The van der Waals surface area contributed by atoms with Gasteiger partial charge in [0.05, 0.1) is 13.4 Å². The molecule has 1 aliphatic carbocycles. The summed E-state index contributed by atoms with van der Waals surface area (Å²) in [6.07, 6.45) is 5.35. The lowest BCUT2D eigenvalue weighted by molar-refractivity contribution is -0.134. The van der Waals surface area contributed by atoms with E-state index in [1.165, 1.54) is 6.26 Å². The number of benzene rings is 1. The summed E-state index contributed by atoms with van der Waals surface area (Å²) >= 11 is 0. The van der Waals surface area contributed by atoms with Gasteiger partial charge in [0.1, 0.15) is 18.3 Å². The molecule has 0 bridgehead atoms. The van der Waals surface area contributed by atoms with Crippen LogP contribution in [-0.2, 0) is 11.3 Å². The van der Waals surface area contributed by atoms with Crippen molar-refractivity contribution in [2.24, 2.45) is 0 Å². The molecule has 1 aliphatic heterocycles. The third-order valence-electron chi connectivity index (χ3n) is 6.08. The van der Waals surface area contributed by atoms with Crippen LogP contribution < -0.4 is 4.74 Å². The summed E-state index contributed by atoms with van der Waals surface area (Å²) in [6, 6.07) is 15.0. The predicted molar refractivity (Wildman–Crippen MR) is 114 cm³/mol. The zero-order valence-electron chi connectivity index (χ0n) is 17.4. The van der Waals surface area contributed by atoms with Crippen molar-refractivity contribution in [3.05, 3.63) is 78.0 Å². The lowest BCUT2D eigenvalue weighted by Crippen LogP contribution is -2.48. The molecule has 31 heavy (non-hydrogen) atoms. The number of rotatable bonds is 6. The second-order valence-corrected chi connectivity index (χ2v) is 8.00. The Morgan fingerprint density at radius 1 is 1.10 bits per heavy atom. The van der Waals surface area contributed by atoms with E-state index >= 15 is 0 Å². The molecule has 0 saturated heterocycles. The monoisotopic (exact) mass is 419 g/mol. The normalized spacial score (nSPS) is 17.8. The quantitative estimate of drug-likeness (QED) is 0.615. The van der Waals surface area contributed by atoms with Crippen LogP contribution in [0.25, 0.3) is 0 Å². The summed E-state index contributed by atoms with van der Waals surface area (Å²) in [5.41, 5.74) is 1.98. The summed E-state index contributed by atoms with van der Waals surface area (Å²) in [6.45, 7) is 1.32. The number of hydrogen-bond donors (Lipinski definition) is 0. The fourth-order valence-electron chi connectivity index (χ4n) is 4.40. The molecule has 3 aromatic rings. The van der Waals surface area contributed by atoms with Crippen molar-refractivity contribution in [3.8, 4) is 5.75 Å². The number of para-hydroxylation sites is 1. The number of methoxy groups -OCH3 is 1. The van der Waals surface area contributed by atoms with E-state index in [0.29, 0.717) is 6.54 Å². The number of amides is 2. The standard InChI is InChI=1S/C24H25N3O4/c1-30-20-8-3-2-6-18(20)23-19-7-4-12-25(19)13-14-26(23)22(28)16-27(17-10-11-17)24(29)21-9-5-15-31-21/h2-9,12,15,17,23H,10-11,13-14,16H2,1H3. The zero-order valence-corrected chi connectivity index (χ0v) is 17.4. The molecule has 2 aliphatic rings. The number of hydrogen-bond acceptors (Lipinski definition) is 4. The van der Waals surface area contributed by atoms with Gasteiger partial charge in [-0.1, -0.05) is 18.2 Å². The van der Waals surface area contributed by atoms with Crippen LogP contribution in [0.5, 0.6) is 5.75 Å². The highest BCUT2D eigenvalue weighted by molar-refractivity contribution is 5.94. The number of ether oxygens (including phenoxy) is 1. The van der Waals surface area contributed by atoms with E-state index in [9.17, 15) is 9.59 Å². The number of nitrogens with zero attached hydrogens (tertiary/aromatic N) is 3. The molecule has 3 heterocycles. The van der Waals surface area contributed by atoms with E-state index in [1.54, 1.807) is 24.1 Å². The Balaban J connectivity index is 1.46. The van der Waals surface area contributed by atoms with Gasteiger partial charge in [-0.2, -0.15) is 0 Å². The van der Waals surface area contributed by atoms with Crippen LogP contribution in [0.1, 0.15) is 40.7 Å². The molecule has 160 valence electrons. The molecule has 2 amide bonds. The first kappa shape index (κ1) is 19.5. The molecule has 0 spiro atoms.